The van der Waals surface area contributed by atoms with E-state index in [0.29, 0.717) is 23.7 Å². The minimum absolute atomic E-state index is 0.102. The summed E-state index contributed by atoms with van der Waals surface area (Å²) in [6.07, 6.45) is 2.31. The average Bonchev–Trinajstić information content (AvgIpc) is 2.62. The molecule has 0 radical (unpaired) electrons. The van der Waals surface area contributed by atoms with Gasteiger partial charge in [0.2, 0.25) is 0 Å². The fourth-order valence-corrected chi connectivity index (χ4v) is 3.03. The minimum atomic E-state index is -0.102. The number of benzene rings is 1. The second-order valence-corrected chi connectivity index (χ2v) is 6.31. The molecule has 0 spiro atoms. The molecular weight excluding hydrogens is 300 g/mol. The molecule has 0 aromatic heterocycles. The zero-order chi connectivity index (χ0) is 17.5. The van der Waals surface area contributed by atoms with Crippen molar-refractivity contribution >= 4 is 11.6 Å². The Balaban J connectivity index is 1.98. The van der Waals surface area contributed by atoms with Crippen LogP contribution in [0.4, 0.5) is 0 Å². The number of amides is 1. The highest BCUT2D eigenvalue weighted by Gasteiger charge is 2.16. The number of nitrogens with one attached hydrogen (secondary N) is 4. The third-order valence-corrected chi connectivity index (χ3v) is 4.69. The Morgan fingerprint density at radius 2 is 1.83 bits per heavy atom. The molecule has 5 nitrogen and oxygen atoms in total. The van der Waals surface area contributed by atoms with E-state index in [9.17, 15) is 4.79 Å². The van der Waals surface area contributed by atoms with Gasteiger partial charge in [-0.1, -0.05) is 12.1 Å². The molecule has 0 bridgehead atoms. The zero-order valence-corrected chi connectivity index (χ0v) is 14.8. The van der Waals surface area contributed by atoms with Gasteiger partial charge in [-0.2, -0.15) is 0 Å². The molecule has 130 valence electrons. The van der Waals surface area contributed by atoms with Gasteiger partial charge in [0, 0.05) is 36.1 Å². The molecule has 0 atom stereocenters. The summed E-state index contributed by atoms with van der Waals surface area (Å²) >= 11 is 0. The molecule has 1 heterocycles. The summed E-state index contributed by atoms with van der Waals surface area (Å²) in [5, 5.41) is 17.1. The molecule has 24 heavy (non-hydrogen) atoms. The number of rotatable bonds is 6. The number of carbonyl (C=O) groups excluding carboxylic acids is 1. The smallest absolute Gasteiger partial charge is 0.251 e. The Morgan fingerprint density at radius 3 is 2.38 bits per heavy atom. The van der Waals surface area contributed by atoms with Crippen molar-refractivity contribution in [2.24, 2.45) is 0 Å². The van der Waals surface area contributed by atoms with Crippen molar-refractivity contribution in [2.45, 2.75) is 32.6 Å². The van der Waals surface area contributed by atoms with E-state index in [1.165, 1.54) is 5.56 Å². The highest BCUT2D eigenvalue weighted by molar-refractivity contribution is 5.99. The molecule has 1 aromatic rings. The van der Waals surface area contributed by atoms with E-state index in [4.69, 9.17) is 5.41 Å². The van der Waals surface area contributed by atoms with E-state index in [2.05, 4.69) is 28.1 Å². The zero-order valence-electron chi connectivity index (χ0n) is 14.8. The van der Waals surface area contributed by atoms with Crippen molar-refractivity contribution in [1.29, 1.82) is 5.41 Å². The molecule has 1 amide bonds. The lowest BCUT2D eigenvalue weighted by molar-refractivity contribution is 0.0957. The molecule has 5 heteroatoms. The molecular formula is C19H28N4O. The lowest BCUT2D eigenvalue weighted by Crippen LogP contribution is -2.29. The van der Waals surface area contributed by atoms with Crippen LogP contribution in [0.5, 0.6) is 0 Å². The Hall–Kier alpha value is -2.14. The largest absolute Gasteiger partial charge is 0.391 e. The molecule has 0 aliphatic carbocycles. The molecule has 1 aliphatic rings. The Labute approximate surface area is 144 Å². The molecule has 1 fully saturated rings. The van der Waals surface area contributed by atoms with Crippen LogP contribution in [-0.4, -0.2) is 38.3 Å². The van der Waals surface area contributed by atoms with Gasteiger partial charge in [-0.15, -0.1) is 0 Å². The molecule has 0 unspecified atom stereocenters. The quantitative estimate of drug-likeness (QED) is 0.606. The van der Waals surface area contributed by atoms with Crippen LogP contribution in [0.2, 0.25) is 0 Å². The van der Waals surface area contributed by atoms with Gasteiger partial charge in [0.25, 0.3) is 5.91 Å². The van der Waals surface area contributed by atoms with Crippen molar-refractivity contribution < 1.29 is 4.79 Å². The summed E-state index contributed by atoms with van der Waals surface area (Å²) in [6, 6.07) is 7.95. The number of carbonyl (C=O) groups is 1. The topological polar surface area (TPSA) is 77.0 Å². The van der Waals surface area contributed by atoms with Crippen molar-refractivity contribution in [2.75, 3.05) is 26.7 Å². The van der Waals surface area contributed by atoms with Crippen LogP contribution in [0.1, 0.15) is 48.5 Å². The van der Waals surface area contributed by atoms with Gasteiger partial charge in [-0.25, -0.2) is 0 Å². The van der Waals surface area contributed by atoms with Crippen molar-refractivity contribution in [1.82, 2.24) is 16.0 Å². The predicted molar refractivity (Wildman–Crippen MR) is 98.8 cm³/mol. The maximum absolute atomic E-state index is 12.3. The van der Waals surface area contributed by atoms with Crippen LogP contribution >= 0.6 is 0 Å². The number of hydrogen-bond donors (Lipinski definition) is 4. The van der Waals surface area contributed by atoms with E-state index < -0.39 is 0 Å². The summed E-state index contributed by atoms with van der Waals surface area (Å²) < 4.78 is 0. The van der Waals surface area contributed by atoms with E-state index in [0.717, 1.165) is 37.2 Å². The van der Waals surface area contributed by atoms with Gasteiger partial charge in [0.05, 0.1) is 0 Å². The molecule has 1 aromatic carbocycles. The first-order valence-corrected chi connectivity index (χ1v) is 8.54. The van der Waals surface area contributed by atoms with E-state index >= 15 is 0 Å². The Bertz CT molecular complexity index is 613. The maximum Gasteiger partial charge on any atom is 0.251 e. The fraction of sp³-hybridized carbons (Fsp3) is 0.474. The summed E-state index contributed by atoms with van der Waals surface area (Å²) in [7, 11) is 1.82. The van der Waals surface area contributed by atoms with Crippen molar-refractivity contribution in [3.05, 3.63) is 46.7 Å². The second kappa shape index (κ2) is 8.64. The third-order valence-electron chi connectivity index (χ3n) is 4.69. The van der Waals surface area contributed by atoms with Crippen LogP contribution in [0.3, 0.4) is 0 Å². The molecule has 1 saturated heterocycles. The summed E-state index contributed by atoms with van der Waals surface area (Å²) in [5.74, 6) is 0.492. The minimum Gasteiger partial charge on any atom is -0.391 e. The highest BCUT2D eigenvalue weighted by atomic mass is 16.1. The number of piperidine rings is 1. The van der Waals surface area contributed by atoms with Crippen LogP contribution in [0.25, 0.3) is 0 Å². The first kappa shape index (κ1) is 18.2. The Morgan fingerprint density at radius 1 is 1.21 bits per heavy atom. The van der Waals surface area contributed by atoms with Gasteiger partial charge >= 0.3 is 0 Å². The molecule has 4 N–H and O–H groups in total. The van der Waals surface area contributed by atoms with E-state index in [1.807, 2.05) is 26.1 Å². The lowest BCUT2D eigenvalue weighted by Gasteiger charge is -2.23. The highest BCUT2D eigenvalue weighted by Crippen LogP contribution is 2.25. The lowest BCUT2D eigenvalue weighted by atomic mass is 9.90. The van der Waals surface area contributed by atoms with Gasteiger partial charge in [0.1, 0.15) is 0 Å². The summed E-state index contributed by atoms with van der Waals surface area (Å²) in [5.41, 5.74) is 4.16. The van der Waals surface area contributed by atoms with Crippen LogP contribution in [-0.2, 0) is 0 Å². The van der Waals surface area contributed by atoms with E-state index in [-0.39, 0.29) is 5.91 Å². The molecule has 1 aliphatic heterocycles. The summed E-state index contributed by atoms with van der Waals surface area (Å²) in [6.45, 7) is 6.13. The average molecular weight is 328 g/mol. The normalized spacial score (nSPS) is 16.3. The second-order valence-electron chi connectivity index (χ2n) is 6.31. The first-order valence-electron chi connectivity index (χ1n) is 8.54. The number of allylic oxidation sites excluding steroid dienone is 1. The Kier molecular flexibility index (Phi) is 6.55. The standard InChI is InChI=1S/C19H28N4O/c1-13(20)18(14(2)21-3)12-23-19(24)17-6-4-15(5-7-17)16-8-10-22-11-9-16/h4-7,16,20-22H,8-12H2,1-3H3,(H,23,24)/b18-14-,20-13?. The van der Waals surface area contributed by atoms with Crippen LogP contribution in [0.15, 0.2) is 35.5 Å². The van der Waals surface area contributed by atoms with Gasteiger partial charge in [0.15, 0.2) is 0 Å². The maximum atomic E-state index is 12.3. The SMILES string of the molecule is CN/C(C)=C(/CNC(=O)c1ccc(C2CCNCC2)cc1)C(C)=N. The number of hydrogen-bond acceptors (Lipinski definition) is 4. The molecule has 2 rings (SSSR count). The van der Waals surface area contributed by atoms with Gasteiger partial charge < -0.3 is 21.4 Å². The van der Waals surface area contributed by atoms with Gasteiger partial charge in [-0.05, 0) is 63.4 Å². The summed E-state index contributed by atoms with van der Waals surface area (Å²) in [4.78, 5) is 12.3. The van der Waals surface area contributed by atoms with Crippen LogP contribution < -0.4 is 16.0 Å². The third kappa shape index (κ3) is 4.68. The molecule has 0 saturated carbocycles. The van der Waals surface area contributed by atoms with Crippen molar-refractivity contribution in [3.8, 4) is 0 Å². The van der Waals surface area contributed by atoms with Gasteiger partial charge in [-0.3, -0.25) is 4.79 Å². The fourth-order valence-electron chi connectivity index (χ4n) is 3.03. The van der Waals surface area contributed by atoms with E-state index in [1.54, 1.807) is 6.92 Å². The predicted octanol–water partition coefficient (Wildman–Crippen LogP) is 2.42. The van der Waals surface area contributed by atoms with Crippen LogP contribution in [0, 0.1) is 5.41 Å². The first-order chi connectivity index (χ1) is 11.5. The van der Waals surface area contributed by atoms with Crippen molar-refractivity contribution in [3.63, 3.8) is 0 Å². The monoisotopic (exact) mass is 328 g/mol.